The lowest BCUT2D eigenvalue weighted by molar-refractivity contribution is 0.0985. The first kappa shape index (κ1) is 25.7. The van der Waals surface area contributed by atoms with Crippen LogP contribution in [0.1, 0.15) is 24.2 Å². The lowest BCUT2D eigenvalue weighted by Gasteiger charge is -2.25. The highest BCUT2D eigenvalue weighted by Gasteiger charge is 2.24. The van der Waals surface area contributed by atoms with Crippen LogP contribution in [-0.4, -0.2) is 56.2 Å². The Balaban J connectivity index is 0.00000324. The fraction of sp³-hybridized carbons (Fsp3) is 0.308. The standard InChI is InChI=1S/C26H29N3O3S.ClH/c1-5-28(6-2)14-15-29(25(30)20-13-9-11-18-10-7-8-12-19(18)20)26-27-21-16-22(31-3)23(32-4)17-24(21)33-26;/h7-13,16-17H,5-6,14-15H2,1-4H3;1H. The average molecular weight is 500 g/mol. The highest BCUT2D eigenvalue weighted by Crippen LogP contribution is 2.37. The smallest absolute Gasteiger partial charge is 0.260 e. The largest absolute Gasteiger partial charge is 0.493 e. The monoisotopic (exact) mass is 499 g/mol. The molecule has 1 amide bonds. The molecular formula is C26H30ClN3O3S. The minimum Gasteiger partial charge on any atom is -0.493 e. The molecule has 0 aliphatic carbocycles. The van der Waals surface area contributed by atoms with Gasteiger partial charge >= 0.3 is 0 Å². The zero-order valence-corrected chi connectivity index (χ0v) is 21.5. The van der Waals surface area contributed by atoms with E-state index < -0.39 is 0 Å². The Bertz CT molecular complexity index is 1230. The second-order valence-electron chi connectivity index (χ2n) is 7.68. The van der Waals surface area contributed by atoms with Crippen LogP contribution >= 0.6 is 23.7 Å². The summed E-state index contributed by atoms with van der Waals surface area (Å²) in [5.74, 6) is 1.23. The third kappa shape index (κ3) is 5.12. The number of hydrogen-bond acceptors (Lipinski definition) is 6. The summed E-state index contributed by atoms with van der Waals surface area (Å²) in [7, 11) is 3.23. The van der Waals surface area contributed by atoms with Gasteiger partial charge in [-0.1, -0.05) is 61.6 Å². The number of halogens is 1. The number of carbonyl (C=O) groups is 1. The van der Waals surface area contributed by atoms with Gasteiger partial charge in [-0.3, -0.25) is 9.69 Å². The molecule has 0 aliphatic heterocycles. The number of methoxy groups -OCH3 is 2. The zero-order chi connectivity index (χ0) is 23.4. The van der Waals surface area contributed by atoms with E-state index in [0.29, 0.717) is 28.7 Å². The fourth-order valence-electron chi connectivity index (χ4n) is 3.98. The quantitative estimate of drug-likeness (QED) is 0.288. The van der Waals surface area contributed by atoms with Crippen LogP contribution in [0.5, 0.6) is 11.5 Å². The van der Waals surface area contributed by atoms with E-state index in [9.17, 15) is 4.79 Å². The first-order chi connectivity index (χ1) is 16.1. The first-order valence-electron chi connectivity index (χ1n) is 11.1. The summed E-state index contributed by atoms with van der Waals surface area (Å²) in [5.41, 5.74) is 1.47. The van der Waals surface area contributed by atoms with Gasteiger partial charge < -0.3 is 14.4 Å². The number of anilines is 1. The van der Waals surface area contributed by atoms with E-state index in [2.05, 4.69) is 18.7 Å². The molecule has 0 saturated heterocycles. The molecule has 0 fully saturated rings. The number of rotatable bonds is 9. The maximum atomic E-state index is 13.9. The predicted molar refractivity (Wildman–Crippen MR) is 143 cm³/mol. The van der Waals surface area contributed by atoms with Crippen LogP contribution in [0.3, 0.4) is 0 Å². The fourth-order valence-corrected chi connectivity index (χ4v) is 4.98. The van der Waals surface area contributed by atoms with Gasteiger partial charge in [0.1, 0.15) is 0 Å². The topological polar surface area (TPSA) is 54.9 Å². The number of amides is 1. The van der Waals surface area contributed by atoms with Crippen LogP contribution in [0, 0.1) is 0 Å². The Kier molecular flexibility index (Phi) is 8.72. The van der Waals surface area contributed by atoms with E-state index in [0.717, 1.165) is 40.6 Å². The van der Waals surface area contributed by atoms with Crippen LogP contribution in [-0.2, 0) is 0 Å². The molecule has 1 aromatic heterocycles. The van der Waals surface area contributed by atoms with Gasteiger partial charge in [0.05, 0.1) is 24.4 Å². The number of benzene rings is 3. The maximum Gasteiger partial charge on any atom is 0.260 e. The summed E-state index contributed by atoms with van der Waals surface area (Å²) in [5, 5.41) is 2.67. The van der Waals surface area contributed by atoms with Gasteiger partial charge in [0.2, 0.25) is 0 Å². The average Bonchev–Trinajstić information content (AvgIpc) is 3.27. The molecule has 1 heterocycles. The van der Waals surface area contributed by atoms with Crippen LogP contribution < -0.4 is 14.4 Å². The lowest BCUT2D eigenvalue weighted by atomic mass is 10.0. The summed E-state index contributed by atoms with van der Waals surface area (Å²) in [6.45, 7) is 7.46. The molecule has 0 unspecified atom stereocenters. The third-order valence-corrected chi connectivity index (χ3v) is 6.95. The van der Waals surface area contributed by atoms with E-state index in [4.69, 9.17) is 14.5 Å². The number of carbonyl (C=O) groups excluding carboxylic acids is 1. The molecule has 0 atom stereocenters. The predicted octanol–water partition coefficient (Wildman–Crippen LogP) is 5.88. The number of hydrogen-bond donors (Lipinski definition) is 0. The van der Waals surface area contributed by atoms with E-state index in [1.807, 2.05) is 59.5 Å². The van der Waals surface area contributed by atoms with Crippen molar-refractivity contribution in [1.82, 2.24) is 9.88 Å². The molecule has 0 radical (unpaired) electrons. The van der Waals surface area contributed by atoms with E-state index in [1.165, 1.54) is 11.3 Å². The summed E-state index contributed by atoms with van der Waals surface area (Å²) < 4.78 is 11.8. The van der Waals surface area contributed by atoms with Crippen molar-refractivity contribution in [2.45, 2.75) is 13.8 Å². The van der Waals surface area contributed by atoms with E-state index in [-0.39, 0.29) is 18.3 Å². The SMILES string of the molecule is CCN(CC)CCN(C(=O)c1cccc2ccccc12)c1nc2cc(OC)c(OC)cc2s1.Cl. The van der Waals surface area contributed by atoms with Crippen molar-refractivity contribution in [2.75, 3.05) is 45.3 Å². The Hall–Kier alpha value is -2.87. The van der Waals surface area contributed by atoms with Crippen molar-refractivity contribution in [3.63, 3.8) is 0 Å². The Morgan fingerprint density at radius 1 is 0.941 bits per heavy atom. The molecule has 0 spiro atoms. The Morgan fingerprint density at radius 2 is 1.62 bits per heavy atom. The molecule has 8 heteroatoms. The van der Waals surface area contributed by atoms with Crippen molar-refractivity contribution in [2.24, 2.45) is 0 Å². The molecule has 3 aromatic carbocycles. The van der Waals surface area contributed by atoms with Gasteiger partial charge in [-0.05, 0) is 29.9 Å². The number of thiazole rings is 1. The van der Waals surface area contributed by atoms with Gasteiger partial charge in [0, 0.05) is 30.8 Å². The van der Waals surface area contributed by atoms with Crippen LogP contribution in [0.15, 0.2) is 54.6 Å². The summed E-state index contributed by atoms with van der Waals surface area (Å²) in [4.78, 5) is 22.8. The minimum absolute atomic E-state index is 0. The van der Waals surface area contributed by atoms with E-state index in [1.54, 1.807) is 14.2 Å². The molecular weight excluding hydrogens is 470 g/mol. The first-order valence-corrected chi connectivity index (χ1v) is 12.0. The van der Waals surface area contributed by atoms with Gasteiger partial charge in [0.15, 0.2) is 16.6 Å². The van der Waals surface area contributed by atoms with Crippen molar-refractivity contribution < 1.29 is 14.3 Å². The zero-order valence-electron chi connectivity index (χ0n) is 19.9. The molecule has 0 saturated carbocycles. The Morgan fingerprint density at radius 3 is 2.32 bits per heavy atom. The van der Waals surface area contributed by atoms with Crippen LogP contribution in [0.4, 0.5) is 5.13 Å². The minimum atomic E-state index is -0.0445. The normalized spacial score (nSPS) is 11.0. The van der Waals surface area contributed by atoms with Gasteiger partial charge in [-0.2, -0.15) is 0 Å². The maximum absolute atomic E-state index is 13.9. The number of ether oxygens (including phenoxy) is 2. The number of nitrogens with zero attached hydrogens (tertiary/aromatic N) is 3. The second-order valence-corrected chi connectivity index (χ2v) is 8.69. The van der Waals surface area contributed by atoms with E-state index >= 15 is 0 Å². The highest BCUT2D eigenvalue weighted by atomic mass is 35.5. The molecule has 0 bridgehead atoms. The lowest BCUT2D eigenvalue weighted by Crippen LogP contribution is -2.39. The molecule has 0 aliphatic rings. The van der Waals surface area contributed by atoms with Crippen molar-refractivity contribution in [3.8, 4) is 11.5 Å². The summed E-state index contributed by atoms with van der Waals surface area (Å²) in [6.07, 6.45) is 0. The third-order valence-electron chi connectivity index (χ3n) is 5.91. The van der Waals surface area contributed by atoms with Gasteiger partial charge in [0.25, 0.3) is 5.91 Å². The van der Waals surface area contributed by atoms with Crippen molar-refractivity contribution in [3.05, 3.63) is 60.2 Å². The van der Waals surface area contributed by atoms with Crippen LogP contribution in [0.25, 0.3) is 21.0 Å². The molecule has 34 heavy (non-hydrogen) atoms. The second kappa shape index (κ2) is 11.5. The van der Waals surface area contributed by atoms with Gasteiger partial charge in [-0.15, -0.1) is 12.4 Å². The van der Waals surface area contributed by atoms with Crippen molar-refractivity contribution in [1.29, 1.82) is 0 Å². The molecule has 0 N–H and O–H groups in total. The summed E-state index contributed by atoms with van der Waals surface area (Å²) >= 11 is 1.49. The molecule has 180 valence electrons. The number of fused-ring (bicyclic) bond motifs is 2. The molecule has 6 nitrogen and oxygen atoms in total. The number of aromatic nitrogens is 1. The van der Waals surface area contributed by atoms with Gasteiger partial charge in [-0.25, -0.2) is 4.98 Å². The molecule has 4 aromatic rings. The number of likely N-dealkylation sites (N-methyl/N-ethyl adjacent to an activating group) is 1. The molecule has 4 rings (SSSR count). The van der Waals surface area contributed by atoms with Crippen molar-refractivity contribution >= 4 is 55.8 Å². The summed E-state index contributed by atoms with van der Waals surface area (Å²) in [6, 6.07) is 17.6. The highest BCUT2D eigenvalue weighted by molar-refractivity contribution is 7.22. The van der Waals surface area contributed by atoms with Crippen LogP contribution in [0.2, 0.25) is 0 Å². The Labute approximate surface area is 210 Å².